The topological polar surface area (TPSA) is 49.3 Å². The number of hydrogen-bond acceptors (Lipinski definition) is 2. The molecule has 3 nitrogen and oxygen atoms in total. The highest BCUT2D eigenvalue weighted by molar-refractivity contribution is 6.06. The fourth-order valence-electron chi connectivity index (χ4n) is 1.77. The van der Waals surface area contributed by atoms with Crippen LogP contribution < -0.4 is 5.32 Å². The van der Waals surface area contributed by atoms with E-state index in [4.69, 9.17) is 0 Å². The molecule has 0 aliphatic heterocycles. The van der Waals surface area contributed by atoms with E-state index in [-0.39, 0.29) is 11.3 Å². The molecule has 1 amide bonds. The Bertz CT molecular complexity index is 638. The van der Waals surface area contributed by atoms with E-state index in [9.17, 15) is 14.3 Å². The van der Waals surface area contributed by atoms with Crippen LogP contribution in [0.1, 0.15) is 21.5 Å². The van der Waals surface area contributed by atoms with E-state index in [1.54, 1.807) is 6.07 Å². The molecule has 0 aliphatic rings. The first-order valence-electron chi connectivity index (χ1n) is 5.85. The quantitative estimate of drug-likeness (QED) is 0.868. The standard InChI is InChI=1S/C15H14FNO2/c1-9-4-3-5-13(10(9)2)17-15(19)12-7-6-11(16)8-14(12)18/h3-8,18H,1-2H3,(H,17,19). The number of halogens is 1. The van der Waals surface area contributed by atoms with Gasteiger partial charge < -0.3 is 10.4 Å². The summed E-state index contributed by atoms with van der Waals surface area (Å²) < 4.78 is 12.9. The SMILES string of the molecule is Cc1cccc(NC(=O)c2ccc(F)cc2O)c1C. The van der Waals surface area contributed by atoms with Crippen LogP contribution >= 0.6 is 0 Å². The monoisotopic (exact) mass is 259 g/mol. The molecule has 0 bridgehead atoms. The Hall–Kier alpha value is -2.36. The summed E-state index contributed by atoms with van der Waals surface area (Å²) in [6.45, 7) is 3.84. The van der Waals surface area contributed by atoms with Crippen molar-refractivity contribution in [3.63, 3.8) is 0 Å². The lowest BCUT2D eigenvalue weighted by atomic mass is 10.1. The lowest BCUT2D eigenvalue weighted by molar-refractivity contribution is 0.102. The first kappa shape index (κ1) is 13.1. The van der Waals surface area contributed by atoms with Gasteiger partial charge >= 0.3 is 0 Å². The van der Waals surface area contributed by atoms with E-state index in [1.807, 2.05) is 26.0 Å². The molecule has 2 aromatic carbocycles. The number of aromatic hydroxyl groups is 1. The Morgan fingerprint density at radius 1 is 1.21 bits per heavy atom. The smallest absolute Gasteiger partial charge is 0.259 e. The third-order valence-corrected chi connectivity index (χ3v) is 3.06. The first-order valence-corrected chi connectivity index (χ1v) is 5.85. The first-order chi connectivity index (χ1) is 8.99. The highest BCUT2D eigenvalue weighted by Crippen LogP contribution is 2.22. The average Bonchev–Trinajstić information content (AvgIpc) is 2.34. The molecule has 2 rings (SSSR count). The Balaban J connectivity index is 2.28. The third-order valence-electron chi connectivity index (χ3n) is 3.06. The van der Waals surface area contributed by atoms with Crippen molar-refractivity contribution in [2.75, 3.05) is 5.32 Å². The number of carbonyl (C=O) groups excluding carboxylic acids is 1. The van der Waals surface area contributed by atoms with Crippen molar-refractivity contribution in [3.8, 4) is 5.75 Å². The van der Waals surface area contributed by atoms with Gasteiger partial charge in [-0.25, -0.2) is 4.39 Å². The van der Waals surface area contributed by atoms with Gasteiger partial charge in [0.25, 0.3) is 5.91 Å². The van der Waals surface area contributed by atoms with E-state index in [0.29, 0.717) is 5.69 Å². The molecular weight excluding hydrogens is 245 g/mol. The summed E-state index contributed by atoms with van der Waals surface area (Å²) in [7, 11) is 0. The summed E-state index contributed by atoms with van der Waals surface area (Å²) in [6.07, 6.45) is 0. The number of hydrogen-bond donors (Lipinski definition) is 2. The van der Waals surface area contributed by atoms with Crippen molar-refractivity contribution in [3.05, 3.63) is 58.9 Å². The molecule has 0 fully saturated rings. The van der Waals surface area contributed by atoms with Gasteiger partial charge in [-0.3, -0.25) is 4.79 Å². The van der Waals surface area contributed by atoms with E-state index < -0.39 is 11.7 Å². The van der Waals surface area contributed by atoms with Gasteiger partial charge in [-0.15, -0.1) is 0 Å². The average molecular weight is 259 g/mol. The van der Waals surface area contributed by atoms with Crippen LogP contribution in [0.15, 0.2) is 36.4 Å². The normalized spacial score (nSPS) is 10.3. The van der Waals surface area contributed by atoms with E-state index >= 15 is 0 Å². The van der Waals surface area contributed by atoms with Gasteiger partial charge in [0.05, 0.1) is 5.56 Å². The molecule has 0 aromatic heterocycles. The van der Waals surface area contributed by atoms with Crippen LogP contribution in [0.5, 0.6) is 5.75 Å². The third kappa shape index (κ3) is 2.73. The second-order valence-electron chi connectivity index (χ2n) is 4.36. The number of rotatable bonds is 2. The Morgan fingerprint density at radius 2 is 1.95 bits per heavy atom. The van der Waals surface area contributed by atoms with Crippen LogP contribution in [0, 0.1) is 19.7 Å². The van der Waals surface area contributed by atoms with Crippen LogP contribution in [-0.2, 0) is 0 Å². The summed E-state index contributed by atoms with van der Waals surface area (Å²) >= 11 is 0. The molecule has 19 heavy (non-hydrogen) atoms. The molecule has 0 aliphatic carbocycles. The molecule has 0 heterocycles. The molecular formula is C15H14FNO2. The number of benzene rings is 2. The number of amides is 1. The van der Waals surface area contributed by atoms with Gasteiger partial charge in [0.15, 0.2) is 0 Å². The molecule has 2 aromatic rings. The zero-order chi connectivity index (χ0) is 14.0. The molecule has 0 spiro atoms. The van der Waals surface area contributed by atoms with Crippen LogP contribution in [0.25, 0.3) is 0 Å². The Kier molecular flexibility index (Phi) is 3.51. The number of nitrogens with one attached hydrogen (secondary N) is 1. The predicted octanol–water partition coefficient (Wildman–Crippen LogP) is 3.40. The Labute approximate surface area is 110 Å². The molecule has 0 atom stereocenters. The fraction of sp³-hybridized carbons (Fsp3) is 0.133. The maximum absolute atomic E-state index is 12.9. The number of carbonyl (C=O) groups is 1. The molecule has 0 radical (unpaired) electrons. The fourth-order valence-corrected chi connectivity index (χ4v) is 1.77. The number of aryl methyl sites for hydroxylation is 1. The van der Waals surface area contributed by atoms with Crippen LogP contribution in [0.4, 0.5) is 10.1 Å². The highest BCUT2D eigenvalue weighted by Gasteiger charge is 2.13. The molecule has 0 unspecified atom stereocenters. The van der Waals surface area contributed by atoms with E-state index in [1.165, 1.54) is 6.07 Å². The molecule has 0 saturated carbocycles. The maximum atomic E-state index is 12.9. The van der Waals surface area contributed by atoms with E-state index in [2.05, 4.69) is 5.32 Å². The largest absolute Gasteiger partial charge is 0.507 e. The minimum Gasteiger partial charge on any atom is -0.507 e. The van der Waals surface area contributed by atoms with Crippen LogP contribution in [-0.4, -0.2) is 11.0 Å². The summed E-state index contributed by atoms with van der Waals surface area (Å²) in [5, 5.41) is 12.3. The van der Waals surface area contributed by atoms with Crippen molar-refractivity contribution in [2.45, 2.75) is 13.8 Å². The summed E-state index contributed by atoms with van der Waals surface area (Å²) in [5.41, 5.74) is 2.73. The molecule has 2 N–H and O–H groups in total. The van der Waals surface area contributed by atoms with Gasteiger partial charge in [-0.05, 0) is 43.2 Å². The summed E-state index contributed by atoms with van der Waals surface area (Å²) in [6, 6.07) is 8.87. The van der Waals surface area contributed by atoms with Crippen LogP contribution in [0.2, 0.25) is 0 Å². The zero-order valence-electron chi connectivity index (χ0n) is 10.7. The van der Waals surface area contributed by atoms with Crippen LogP contribution in [0.3, 0.4) is 0 Å². The predicted molar refractivity (Wildman–Crippen MR) is 71.9 cm³/mol. The van der Waals surface area contributed by atoms with Gasteiger partial charge in [-0.1, -0.05) is 12.1 Å². The zero-order valence-corrected chi connectivity index (χ0v) is 10.7. The number of phenols is 1. The van der Waals surface area contributed by atoms with Crippen molar-refractivity contribution < 1.29 is 14.3 Å². The summed E-state index contributed by atoms with van der Waals surface area (Å²) in [5.74, 6) is -1.42. The second kappa shape index (κ2) is 5.10. The maximum Gasteiger partial charge on any atom is 0.259 e. The van der Waals surface area contributed by atoms with Crippen molar-refractivity contribution in [1.29, 1.82) is 0 Å². The lowest BCUT2D eigenvalue weighted by Gasteiger charge is -2.11. The number of anilines is 1. The number of phenolic OH excluding ortho intramolecular Hbond substituents is 1. The van der Waals surface area contributed by atoms with Crippen molar-refractivity contribution in [2.24, 2.45) is 0 Å². The lowest BCUT2D eigenvalue weighted by Crippen LogP contribution is -2.13. The van der Waals surface area contributed by atoms with Crippen molar-refractivity contribution in [1.82, 2.24) is 0 Å². The molecule has 98 valence electrons. The van der Waals surface area contributed by atoms with Gasteiger partial charge in [0.1, 0.15) is 11.6 Å². The highest BCUT2D eigenvalue weighted by atomic mass is 19.1. The molecule has 0 saturated heterocycles. The minimum atomic E-state index is -0.583. The molecule has 4 heteroatoms. The van der Waals surface area contributed by atoms with E-state index in [0.717, 1.165) is 23.3 Å². The van der Waals surface area contributed by atoms with Gasteiger partial charge in [-0.2, -0.15) is 0 Å². The second-order valence-corrected chi connectivity index (χ2v) is 4.36. The van der Waals surface area contributed by atoms with Gasteiger partial charge in [0.2, 0.25) is 0 Å². The summed E-state index contributed by atoms with van der Waals surface area (Å²) in [4.78, 5) is 12.0. The van der Waals surface area contributed by atoms with Crippen molar-refractivity contribution >= 4 is 11.6 Å². The minimum absolute atomic E-state index is 0.0438. The Morgan fingerprint density at radius 3 is 2.63 bits per heavy atom. The van der Waals surface area contributed by atoms with Gasteiger partial charge in [0, 0.05) is 11.8 Å².